The predicted molar refractivity (Wildman–Crippen MR) is 98.7 cm³/mol. The summed E-state index contributed by atoms with van der Waals surface area (Å²) < 4.78 is 11.8. The number of thiophene rings is 1. The fourth-order valence-corrected chi connectivity index (χ4v) is 4.28. The summed E-state index contributed by atoms with van der Waals surface area (Å²) in [5, 5.41) is 0.931. The van der Waals surface area contributed by atoms with Crippen LogP contribution in [0.4, 0.5) is 5.13 Å². The molecule has 0 unspecified atom stereocenters. The second-order valence-corrected chi connectivity index (χ2v) is 7.60. The van der Waals surface area contributed by atoms with E-state index in [0.29, 0.717) is 4.88 Å². The number of benzene rings is 1. The molecule has 2 heterocycles. The van der Waals surface area contributed by atoms with Crippen molar-refractivity contribution < 1.29 is 14.3 Å². The monoisotopic (exact) mass is 362 g/mol. The summed E-state index contributed by atoms with van der Waals surface area (Å²) in [6.45, 7) is 2.18. The van der Waals surface area contributed by atoms with Crippen LogP contribution in [0.3, 0.4) is 0 Å². The Morgan fingerprint density at radius 2 is 2.04 bits per heavy atom. The molecule has 126 valence electrons. The van der Waals surface area contributed by atoms with Crippen LogP contribution in [0, 0.1) is 6.92 Å². The van der Waals surface area contributed by atoms with Gasteiger partial charge in [-0.1, -0.05) is 23.0 Å². The minimum Gasteiger partial charge on any atom is -0.496 e. The van der Waals surface area contributed by atoms with Gasteiger partial charge in [0.1, 0.15) is 22.1 Å². The van der Waals surface area contributed by atoms with Gasteiger partial charge in [-0.05, 0) is 25.1 Å². The highest BCUT2D eigenvalue weighted by molar-refractivity contribution is 7.29. The summed E-state index contributed by atoms with van der Waals surface area (Å²) in [5.74, 6) is 0.387. The van der Waals surface area contributed by atoms with Gasteiger partial charge in [0.25, 0.3) is 0 Å². The first-order chi connectivity index (χ1) is 11.5. The number of nitrogens with zero attached hydrogens (tertiary/aromatic N) is 2. The molecule has 0 aliphatic carbocycles. The number of fused-ring (bicyclic) bond motifs is 1. The van der Waals surface area contributed by atoms with Crippen molar-refractivity contribution in [2.45, 2.75) is 13.5 Å². The number of carbonyl (C=O) groups excluding carboxylic acids is 1. The maximum atomic E-state index is 12.3. The Morgan fingerprint density at radius 3 is 2.71 bits per heavy atom. The lowest BCUT2D eigenvalue weighted by molar-refractivity contribution is 0.0476. The maximum absolute atomic E-state index is 12.3. The highest BCUT2D eigenvalue weighted by Gasteiger charge is 2.16. The van der Waals surface area contributed by atoms with Crippen LogP contribution in [-0.2, 0) is 11.3 Å². The van der Waals surface area contributed by atoms with E-state index in [4.69, 9.17) is 9.47 Å². The second-order valence-electron chi connectivity index (χ2n) is 5.56. The van der Waals surface area contributed by atoms with Gasteiger partial charge in [-0.2, -0.15) is 0 Å². The molecule has 0 aliphatic rings. The number of anilines is 1. The topological polar surface area (TPSA) is 51.7 Å². The number of methoxy groups -OCH3 is 1. The van der Waals surface area contributed by atoms with Crippen molar-refractivity contribution in [1.82, 2.24) is 4.98 Å². The molecule has 5 nitrogen and oxygen atoms in total. The highest BCUT2D eigenvalue weighted by atomic mass is 32.1. The summed E-state index contributed by atoms with van der Waals surface area (Å²) >= 11 is 2.92. The first kappa shape index (κ1) is 16.7. The van der Waals surface area contributed by atoms with Crippen LogP contribution in [0.25, 0.3) is 9.53 Å². The number of aryl methyl sites for hydroxylation is 1. The molecule has 0 amide bonds. The van der Waals surface area contributed by atoms with Gasteiger partial charge in [-0.25, -0.2) is 9.78 Å². The van der Waals surface area contributed by atoms with Gasteiger partial charge in [0.15, 0.2) is 5.13 Å². The molecule has 0 fully saturated rings. The predicted octanol–water partition coefficient (Wildman–Crippen LogP) is 4.10. The second kappa shape index (κ2) is 6.78. The van der Waals surface area contributed by atoms with Crippen LogP contribution in [0.1, 0.15) is 20.8 Å². The Bertz CT molecular complexity index is 852. The number of hydrogen-bond donors (Lipinski definition) is 0. The van der Waals surface area contributed by atoms with Crippen molar-refractivity contribution in [3.05, 3.63) is 40.3 Å². The van der Waals surface area contributed by atoms with Crippen LogP contribution in [0.2, 0.25) is 0 Å². The third-order valence-electron chi connectivity index (χ3n) is 3.46. The fourth-order valence-electron chi connectivity index (χ4n) is 2.25. The quantitative estimate of drug-likeness (QED) is 0.640. The zero-order valence-corrected chi connectivity index (χ0v) is 15.6. The number of thiazole rings is 1. The fraction of sp³-hybridized carbons (Fsp3) is 0.294. The van der Waals surface area contributed by atoms with Crippen LogP contribution >= 0.6 is 22.7 Å². The molecule has 0 saturated carbocycles. The molecule has 0 bridgehead atoms. The molecule has 3 rings (SSSR count). The van der Waals surface area contributed by atoms with Gasteiger partial charge in [-0.15, -0.1) is 11.3 Å². The van der Waals surface area contributed by atoms with Gasteiger partial charge in [0.05, 0.1) is 11.8 Å². The van der Waals surface area contributed by atoms with Crippen molar-refractivity contribution in [3.63, 3.8) is 0 Å². The summed E-state index contributed by atoms with van der Waals surface area (Å²) in [7, 11) is 5.51. The molecule has 0 atom stereocenters. The van der Waals surface area contributed by atoms with Gasteiger partial charge in [-0.3, -0.25) is 0 Å². The Kier molecular flexibility index (Phi) is 4.73. The smallest absolute Gasteiger partial charge is 0.348 e. The van der Waals surface area contributed by atoms with Gasteiger partial charge >= 0.3 is 5.97 Å². The number of esters is 1. The molecule has 0 saturated heterocycles. The van der Waals surface area contributed by atoms with Crippen LogP contribution in [0.5, 0.6) is 5.75 Å². The lowest BCUT2D eigenvalue weighted by atomic mass is 10.1. The Morgan fingerprint density at radius 1 is 1.25 bits per heavy atom. The minimum absolute atomic E-state index is 0.186. The summed E-state index contributed by atoms with van der Waals surface area (Å²) in [6.07, 6.45) is 0. The zero-order chi connectivity index (χ0) is 17.3. The first-order valence-corrected chi connectivity index (χ1v) is 8.99. The number of rotatable bonds is 5. The normalized spacial score (nSPS) is 10.8. The molecular weight excluding hydrogens is 344 g/mol. The summed E-state index contributed by atoms with van der Waals surface area (Å²) in [6, 6.07) is 7.66. The SMILES string of the molecule is COc1ccc(C)cc1COC(=O)c1cc2sc(N(C)C)nc2s1. The van der Waals surface area contributed by atoms with E-state index in [1.165, 1.54) is 11.3 Å². The van der Waals surface area contributed by atoms with E-state index < -0.39 is 0 Å². The van der Waals surface area contributed by atoms with E-state index in [-0.39, 0.29) is 12.6 Å². The van der Waals surface area contributed by atoms with Gasteiger partial charge in [0.2, 0.25) is 0 Å². The third-order valence-corrected chi connectivity index (χ3v) is 5.76. The molecule has 24 heavy (non-hydrogen) atoms. The molecule has 2 aromatic heterocycles. The van der Waals surface area contributed by atoms with Crippen molar-refractivity contribution >= 4 is 43.3 Å². The largest absolute Gasteiger partial charge is 0.496 e. The average molecular weight is 362 g/mol. The van der Waals surface area contributed by atoms with Gasteiger partial charge in [0, 0.05) is 19.7 Å². The van der Waals surface area contributed by atoms with E-state index in [1.807, 2.05) is 50.2 Å². The van der Waals surface area contributed by atoms with E-state index >= 15 is 0 Å². The van der Waals surface area contributed by atoms with Gasteiger partial charge < -0.3 is 14.4 Å². The number of carbonyl (C=O) groups is 1. The van der Waals surface area contributed by atoms with E-state index in [2.05, 4.69) is 4.98 Å². The standard InChI is InChI=1S/C17H18N2O3S2/c1-10-5-6-12(21-4)11(7-10)9-22-16(20)14-8-13-15(23-14)18-17(24-13)19(2)3/h5-8H,9H2,1-4H3. The number of aromatic nitrogens is 1. The highest BCUT2D eigenvalue weighted by Crippen LogP contribution is 2.34. The number of ether oxygens (including phenoxy) is 2. The molecule has 1 aromatic carbocycles. The van der Waals surface area contributed by atoms with Crippen molar-refractivity contribution in [2.24, 2.45) is 0 Å². The Hall–Kier alpha value is -2.12. The van der Waals surface area contributed by atoms with Crippen LogP contribution < -0.4 is 9.64 Å². The Labute approximate surface area is 148 Å². The average Bonchev–Trinajstić information content (AvgIpc) is 3.11. The lowest BCUT2D eigenvalue weighted by Gasteiger charge is -2.09. The molecular formula is C17H18N2O3S2. The van der Waals surface area contributed by atoms with Crippen molar-refractivity contribution in [1.29, 1.82) is 0 Å². The molecule has 7 heteroatoms. The third kappa shape index (κ3) is 3.37. The minimum atomic E-state index is -0.333. The maximum Gasteiger partial charge on any atom is 0.348 e. The van der Waals surface area contributed by atoms with Crippen LogP contribution in [-0.4, -0.2) is 32.2 Å². The van der Waals surface area contributed by atoms with Crippen LogP contribution in [0.15, 0.2) is 24.3 Å². The molecule has 0 radical (unpaired) electrons. The van der Waals surface area contributed by atoms with Crippen molar-refractivity contribution in [2.75, 3.05) is 26.1 Å². The molecule has 0 N–H and O–H groups in total. The van der Waals surface area contributed by atoms with Crippen molar-refractivity contribution in [3.8, 4) is 5.75 Å². The first-order valence-electron chi connectivity index (χ1n) is 7.36. The summed E-state index contributed by atoms with van der Waals surface area (Å²) in [5.41, 5.74) is 1.95. The Balaban J connectivity index is 1.73. The zero-order valence-electron chi connectivity index (χ0n) is 14.0. The summed E-state index contributed by atoms with van der Waals surface area (Å²) in [4.78, 5) is 20.2. The molecule has 3 aromatic rings. The van der Waals surface area contributed by atoms with E-state index in [1.54, 1.807) is 18.4 Å². The lowest BCUT2D eigenvalue weighted by Crippen LogP contribution is -2.07. The number of hydrogen-bond acceptors (Lipinski definition) is 7. The van der Waals surface area contributed by atoms with E-state index in [0.717, 1.165) is 31.5 Å². The molecule has 0 aliphatic heterocycles. The molecule has 0 spiro atoms. The van der Waals surface area contributed by atoms with E-state index in [9.17, 15) is 4.79 Å².